The summed E-state index contributed by atoms with van der Waals surface area (Å²) in [5, 5.41) is -0.337. The van der Waals surface area contributed by atoms with Crippen LogP contribution in [0.5, 0.6) is 0 Å². The van der Waals surface area contributed by atoms with Crippen molar-refractivity contribution in [2.24, 2.45) is 0 Å². The number of carbonyl (C=O) groups is 1. The molecule has 0 amide bonds. The maximum atomic E-state index is 13.2. The molecule has 0 heterocycles. The average molecular weight is 246 g/mol. The first-order chi connectivity index (χ1) is 8.16. The van der Waals surface area contributed by atoms with Crippen molar-refractivity contribution in [3.8, 4) is 0 Å². The second kappa shape index (κ2) is 5.15. The van der Waals surface area contributed by atoms with E-state index in [0.29, 0.717) is 17.5 Å². The lowest BCUT2D eigenvalue weighted by molar-refractivity contribution is 0.109. The Morgan fingerprint density at radius 1 is 1.12 bits per heavy atom. The third-order valence-electron chi connectivity index (χ3n) is 2.54. The zero-order valence-corrected chi connectivity index (χ0v) is 9.95. The van der Waals surface area contributed by atoms with Crippen molar-refractivity contribution in [3.63, 3.8) is 0 Å². The summed E-state index contributed by atoms with van der Waals surface area (Å²) in [6.45, 7) is 0. The van der Waals surface area contributed by atoms with Gasteiger partial charge in [0.1, 0.15) is 5.82 Å². The second-order valence-electron chi connectivity index (χ2n) is 3.77. The summed E-state index contributed by atoms with van der Waals surface area (Å²) in [6.07, 6.45) is 0.528. The predicted molar refractivity (Wildman–Crippen MR) is 69.0 cm³/mol. The van der Waals surface area contributed by atoms with Crippen LogP contribution in [-0.2, 0) is 6.42 Å². The van der Waals surface area contributed by atoms with Crippen LogP contribution in [-0.4, -0.2) is 5.12 Å². The molecule has 0 spiro atoms. The Morgan fingerprint density at radius 3 is 2.47 bits per heavy atom. The van der Waals surface area contributed by atoms with Gasteiger partial charge in [-0.1, -0.05) is 30.3 Å². The SMILES string of the molecule is O=C(S)c1ccc(F)cc1Cc1ccccc1. The fraction of sp³-hybridized carbons (Fsp3) is 0.0714. The number of rotatable bonds is 3. The Bertz CT molecular complexity index is 537. The zero-order valence-electron chi connectivity index (χ0n) is 9.06. The molecule has 0 N–H and O–H groups in total. The van der Waals surface area contributed by atoms with Gasteiger partial charge in [0.2, 0.25) is 5.12 Å². The molecule has 0 aliphatic rings. The molecule has 0 bridgehead atoms. The van der Waals surface area contributed by atoms with Crippen LogP contribution in [0.25, 0.3) is 0 Å². The maximum Gasteiger partial charge on any atom is 0.216 e. The van der Waals surface area contributed by atoms with Gasteiger partial charge in [0.05, 0.1) is 0 Å². The normalized spacial score (nSPS) is 10.2. The van der Waals surface area contributed by atoms with E-state index in [4.69, 9.17) is 0 Å². The van der Waals surface area contributed by atoms with Crippen LogP contribution < -0.4 is 0 Å². The minimum atomic E-state index is -0.339. The van der Waals surface area contributed by atoms with Gasteiger partial charge >= 0.3 is 0 Å². The molecule has 0 saturated carbocycles. The Labute approximate surface area is 105 Å². The molecule has 2 rings (SSSR count). The first kappa shape index (κ1) is 11.9. The van der Waals surface area contributed by atoms with E-state index < -0.39 is 0 Å². The van der Waals surface area contributed by atoms with Gasteiger partial charge in [-0.15, -0.1) is 12.6 Å². The molecule has 86 valence electrons. The molecule has 0 radical (unpaired) electrons. The van der Waals surface area contributed by atoms with E-state index in [0.717, 1.165) is 5.56 Å². The van der Waals surface area contributed by atoms with E-state index in [2.05, 4.69) is 12.6 Å². The summed E-state index contributed by atoms with van der Waals surface area (Å²) in [5.74, 6) is -0.339. The van der Waals surface area contributed by atoms with Gasteiger partial charge in [0.25, 0.3) is 0 Å². The molecular formula is C14H11FOS. The van der Waals surface area contributed by atoms with Gasteiger partial charge in [0.15, 0.2) is 0 Å². The zero-order chi connectivity index (χ0) is 12.3. The fourth-order valence-electron chi connectivity index (χ4n) is 1.73. The standard InChI is InChI=1S/C14H11FOS/c15-12-6-7-13(14(16)17)11(9-12)8-10-4-2-1-3-5-10/h1-7,9H,8H2,(H,16,17). The number of halogens is 1. The topological polar surface area (TPSA) is 17.1 Å². The lowest BCUT2D eigenvalue weighted by Gasteiger charge is -2.06. The van der Waals surface area contributed by atoms with E-state index in [1.54, 1.807) is 0 Å². The number of thiol groups is 1. The van der Waals surface area contributed by atoms with Gasteiger partial charge < -0.3 is 0 Å². The highest BCUT2D eigenvalue weighted by atomic mass is 32.1. The van der Waals surface area contributed by atoms with Crippen LogP contribution in [0.3, 0.4) is 0 Å². The number of carbonyl (C=O) groups excluding carboxylic acids is 1. The Hall–Kier alpha value is -1.61. The molecule has 0 unspecified atom stereocenters. The highest BCUT2D eigenvalue weighted by Crippen LogP contribution is 2.17. The van der Waals surface area contributed by atoms with Gasteiger partial charge in [-0.05, 0) is 35.7 Å². The molecule has 2 aromatic rings. The summed E-state index contributed by atoms with van der Waals surface area (Å²) in [5.41, 5.74) is 2.16. The Kier molecular flexibility index (Phi) is 3.59. The molecule has 0 aliphatic carbocycles. The summed E-state index contributed by atoms with van der Waals surface area (Å²) < 4.78 is 13.2. The monoisotopic (exact) mass is 246 g/mol. The molecule has 2 aromatic carbocycles. The minimum absolute atomic E-state index is 0.337. The number of hydrogen-bond acceptors (Lipinski definition) is 1. The lowest BCUT2D eigenvalue weighted by atomic mass is 10.0. The van der Waals surface area contributed by atoms with Crippen LogP contribution in [0.2, 0.25) is 0 Å². The van der Waals surface area contributed by atoms with Crippen LogP contribution in [0, 0.1) is 5.82 Å². The van der Waals surface area contributed by atoms with Gasteiger partial charge in [-0.2, -0.15) is 0 Å². The van der Waals surface area contributed by atoms with Crippen LogP contribution >= 0.6 is 12.6 Å². The number of benzene rings is 2. The minimum Gasteiger partial charge on any atom is -0.282 e. The van der Waals surface area contributed by atoms with Gasteiger partial charge in [0, 0.05) is 5.56 Å². The molecule has 1 nitrogen and oxygen atoms in total. The van der Waals surface area contributed by atoms with Crippen LogP contribution in [0.15, 0.2) is 48.5 Å². The second-order valence-corrected chi connectivity index (χ2v) is 4.18. The summed E-state index contributed by atoms with van der Waals surface area (Å²) in [4.78, 5) is 11.3. The predicted octanol–water partition coefficient (Wildman–Crippen LogP) is 3.49. The van der Waals surface area contributed by atoms with E-state index in [1.807, 2.05) is 30.3 Å². The molecule has 0 atom stereocenters. The smallest absolute Gasteiger partial charge is 0.216 e. The van der Waals surface area contributed by atoms with E-state index in [-0.39, 0.29) is 10.9 Å². The van der Waals surface area contributed by atoms with Gasteiger partial charge in [-0.3, -0.25) is 4.79 Å². The third kappa shape index (κ3) is 2.94. The average Bonchev–Trinajstić information content (AvgIpc) is 2.30. The van der Waals surface area contributed by atoms with Crippen molar-refractivity contribution in [2.45, 2.75) is 6.42 Å². The van der Waals surface area contributed by atoms with Gasteiger partial charge in [-0.25, -0.2) is 4.39 Å². The molecule has 0 aromatic heterocycles. The first-order valence-corrected chi connectivity index (χ1v) is 5.67. The molecule has 17 heavy (non-hydrogen) atoms. The fourth-order valence-corrected chi connectivity index (χ4v) is 1.95. The van der Waals surface area contributed by atoms with Crippen molar-refractivity contribution in [2.75, 3.05) is 0 Å². The molecule has 0 aliphatic heterocycles. The van der Waals surface area contributed by atoms with E-state index in [9.17, 15) is 9.18 Å². The van der Waals surface area contributed by atoms with Crippen LogP contribution in [0.1, 0.15) is 21.5 Å². The number of hydrogen-bond donors (Lipinski definition) is 1. The highest BCUT2D eigenvalue weighted by Gasteiger charge is 2.09. The van der Waals surface area contributed by atoms with Crippen molar-refractivity contribution >= 4 is 17.7 Å². The third-order valence-corrected chi connectivity index (χ3v) is 2.78. The molecular weight excluding hydrogens is 235 g/mol. The summed E-state index contributed by atoms with van der Waals surface area (Å²) >= 11 is 3.80. The maximum absolute atomic E-state index is 13.2. The summed E-state index contributed by atoms with van der Waals surface area (Å²) in [6, 6.07) is 13.8. The van der Waals surface area contributed by atoms with Crippen molar-refractivity contribution in [1.29, 1.82) is 0 Å². The van der Waals surface area contributed by atoms with Crippen molar-refractivity contribution in [1.82, 2.24) is 0 Å². The first-order valence-electron chi connectivity index (χ1n) is 5.22. The Morgan fingerprint density at radius 2 is 1.82 bits per heavy atom. The summed E-state index contributed by atoms with van der Waals surface area (Å²) in [7, 11) is 0. The van der Waals surface area contributed by atoms with E-state index >= 15 is 0 Å². The molecule has 0 fully saturated rings. The molecule has 0 saturated heterocycles. The quantitative estimate of drug-likeness (QED) is 0.820. The largest absolute Gasteiger partial charge is 0.282 e. The molecule has 3 heteroatoms. The van der Waals surface area contributed by atoms with E-state index in [1.165, 1.54) is 18.2 Å². The lowest BCUT2D eigenvalue weighted by Crippen LogP contribution is -1.99. The van der Waals surface area contributed by atoms with Crippen LogP contribution in [0.4, 0.5) is 4.39 Å². The highest BCUT2D eigenvalue weighted by molar-refractivity contribution is 7.97. The van der Waals surface area contributed by atoms with Crippen molar-refractivity contribution in [3.05, 3.63) is 71.0 Å². The Balaban J connectivity index is 2.37. The van der Waals surface area contributed by atoms with Crippen molar-refractivity contribution < 1.29 is 9.18 Å².